The average Bonchev–Trinajstić information content (AvgIpc) is 3.43. The van der Waals surface area contributed by atoms with Gasteiger partial charge in [0.05, 0.1) is 28.7 Å². The second-order valence-electron chi connectivity index (χ2n) is 9.65. The molecular weight excluding hydrogens is 452 g/mol. The normalized spacial score (nSPS) is 16.1. The van der Waals surface area contributed by atoms with E-state index in [4.69, 9.17) is 4.98 Å². The van der Waals surface area contributed by atoms with Crippen LogP contribution >= 0.6 is 0 Å². The first-order valence-electron chi connectivity index (χ1n) is 12.3. The highest BCUT2D eigenvalue weighted by Gasteiger charge is 2.36. The molecule has 180 valence electrons. The Kier molecular flexibility index (Phi) is 5.40. The molecule has 36 heavy (non-hydrogen) atoms. The lowest BCUT2D eigenvalue weighted by atomic mass is 9.95. The number of nitrogens with one attached hydrogen (secondary N) is 1. The van der Waals surface area contributed by atoms with Crippen molar-refractivity contribution >= 4 is 28.8 Å². The number of carbonyl (C=O) groups excluding carboxylic acids is 3. The smallest absolute Gasteiger partial charge is 0.261 e. The monoisotopic (exact) mass is 478 g/mol. The second-order valence-corrected chi connectivity index (χ2v) is 9.65. The number of benzene rings is 3. The molecule has 4 aromatic rings. The SMILES string of the molecule is Cc1ccc2nc(C3CCN(C(=O)c4ccc5c(c4)C(=O)N(Cc4ccccc4)C5=O)CC3)[nH]c2c1. The Morgan fingerprint density at radius 1 is 0.944 bits per heavy atom. The fourth-order valence-corrected chi connectivity index (χ4v) is 5.21. The van der Waals surface area contributed by atoms with Crippen molar-refractivity contribution in [1.82, 2.24) is 19.8 Å². The first-order valence-corrected chi connectivity index (χ1v) is 12.3. The van der Waals surface area contributed by atoms with Gasteiger partial charge in [-0.15, -0.1) is 0 Å². The molecule has 2 aliphatic rings. The van der Waals surface area contributed by atoms with Gasteiger partial charge in [0.2, 0.25) is 0 Å². The van der Waals surface area contributed by atoms with Crippen LogP contribution in [0.4, 0.5) is 0 Å². The van der Waals surface area contributed by atoms with Gasteiger partial charge in [0.1, 0.15) is 5.82 Å². The molecule has 1 aromatic heterocycles. The van der Waals surface area contributed by atoms with E-state index in [0.29, 0.717) is 29.8 Å². The number of carbonyl (C=O) groups is 3. The molecule has 0 unspecified atom stereocenters. The Bertz CT molecular complexity index is 1500. The molecule has 7 nitrogen and oxygen atoms in total. The Morgan fingerprint density at radius 3 is 2.47 bits per heavy atom. The van der Waals surface area contributed by atoms with Crippen LogP contribution in [-0.2, 0) is 6.54 Å². The molecule has 2 aliphatic heterocycles. The number of rotatable bonds is 4. The molecule has 1 N–H and O–H groups in total. The van der Waals surface area contributed by atoms with Crippen LogP contribution in [-0.4, -0.2) is 50.6 Å². The van der Waals surface area contributed by atoms with Crippen molar-refractivity contribution in [2.24, 2.45) is 0 Å². The second kappa shape index (κ2) is 8.75. The predicted molar refractivity (Wildman–Crippen MR) is 136 cm³/mol. The number of piperidine rings is 1. The molecule has 0 aliphatic carbocycles. The molecule has 0 saturated carbocycles. The largest absolute Gasteiger partial charge is 0.342 e. The van der Waals surface area contributed by atoms with Crippen molar-refractivity contribution in [3.05, 3.63) is 100 Å². The quantitative estimate of drug-likeness (QED) is 0.431. The van der Waals surface area contributed by atoms with Gasteiger partial charge in [-0.2, -0.15) is 0 Å². The van der Waals surface area contributed by atoms with E-state index in [2.05, 4.69) is 24.0 Å². The molecule has 1 fully saturated rings. The summed E-state index contributed by atoms with van der Waals surface area (Å²) in [5.74, 6) is 0.459. The molecule has 7 heteroatoms. The van der Waals surface area contributed by atoms with E-state index < -0.39 is 0 Å². The third kappa shape index (κ3) is 3.86. The molecule has 6 rings (SSSR count). The maximum absolute atomic E-state index is 13.3. The number of aromatic nitrogens is 2. The number of H-pyrrole nitrogens is 1. The molecule has 3 heterocycles. The number of imidazole rings is 1. The van der Waals surface area contributed by atoms with Gasteiger partial charge in [0.15, 0.2) is 0 Å². The maximum atomic E-state index is 13.3. The summed E-state index contributed by atoms with van der Waals surface area (Å²) in [7, 11) is 0. The van der Waals surface area contributed by atoms with Crippen LogP contribution in [0.1, 0.15) is 66.8 Å². The number of aromatic amines is 1. The fourth-order valence-electron chi connectivity index (χ4n) is 5.21. The number of fused-ring (bicyclic) bond motifs is 2. The number of likely N-dealkylation sites (tertiary alicyclic amines) is 1. The van der Waals surface area contributed by atoms with Gasteiger partial charge in [-0.3, -0.25) is 19.3 Å². The minimum Gasteiger partial charge on any atom is -0.342 e. The van der Waals surface area contributed by atoms with Crippen LogP contribution in [0, 0.1) is 6.92 Å². The highest BCUT2D eigenvalue weighted by molar-refractivity contribution is 6.22. The van der Waals surface area contributed by atoms with E-state index in [1.165, 1.54) is 10.5 Å². The summed E-state index contributed by atoms with van der Waals surface area (Å²) < 4.78 is 0. The Hall–Kier alpha value is -4.26. The highest BCUT2D eigenvalue weighted by atomic mass is 16.2. The van der Waals surface area contributed by atoms with E-state index in [9.17, 15) is 14.4 Å². The maximum Gasteiger partial charge on any atom is 0.261 e. The van der Waals surface area contributed by atoms with Crippen molar-refractivity contribution in [3.63, 3.8) is 0 Å². The van der Waals surface area contributed by atoms with Gasteiger partial charge in [-0.25, -0.2) is 4.98 Å². The van der Waals surface area contributed by atoms with Gasteiger partial charge in [-0.05, 0) is 61.2 Å². The number of aryl methyl sites for hydroxylation is 1. The van der Waals surface area contributed by atoms with E-state index in [-0.39, 0.29) is 30.2 Å². The van der Waals surface area contributed by atoms with E-state index in [1.807, 2.05) is 41.3 Å². The van der Waals surface area contributed by atoms with Crippen molar-refractivity contribution in [2.45, 2.75) is 32.2 Å². The molecule has 0 atom stereocenters. The molecule has 0 spiro atoms. The molecule has 0 radical (unpaired) electrons. The van der Waals surface area contributed by atoms with Crippen molar-refractivity contribution in [3.8, 4) is 0 Å². The Labute approximate surface area is 208 Å². The zero-order valence-corrected chi connectivity index (χ0v) is 20.0. The lowest BCUT2D eigenvalue weighted by molar-refractivity contribution is 0.0641. The summed E-state index contributed by atoms with van der Waals surface area (Å²) in [6.07, 6.45) is 1.63. The lowest BCUT2D eigenvalue weighted by Gasteiger charge is -2.31. The standard InChI is InChI=1S/C29H26N4O3/c1-18-7-10-24-25(15-18)31-26(30-24)20-11-13-32(14-12-20)27(34)21-8-9-22-23(16-21)29(36)33(28(22)35)17-19-5-3-2-4-6-19/h2-10,15-16,20H,11-14,17H2,1H3,(H,30,31). The van der Waals surface area contributed by atoms with Gasteiger partial charge >= 0.3 is 0 Å². The van der Waals surface area contributed by atoms with Crippen LogP contribution < -0.4 is 0 Å². The van der Waals surface area contributed by atoms with Crippen LogP contribution in [0.3, 0.4) is 0 Å². The van der Waals surface area contributed by atoms with Gasteiger partial charge in [0, 0.05) is 24.6 Å². The van der Waals surface area contributed by atoms with Crippen molar-refractivity contribution in [1.29, 1.82) is 0 Å². The molecule has 0 bridgehead atoms. The molecule has 1 saturated heterocycles. The van der Waals surface area contributed by atoms with E-state index in [1.54, 1.807) is 18.2 Å². The molecule has 3 aromatic carbocycles. The topological polar surface area (TPSA) is 86.4 Å². The van der Waals surface area contributed by atoms with Crippen LogP contribution in [0.25, 0.3) is 11.0 Å². The van der Waals surface area contributed by atoms with Crippen molar-refractivity contribution < 1.29 is 14.4 Å². The number of nitrogens with zero attached hydrogens (tertiary/aromatic N) is 3. The summed E-state index contributed by atoms with van der Waals surface area (Å²) in [6, 6.07) is 20.5. The predicted octanol–water partition coefficient (Wildman–Crippen LogP) is 4.69. The third-order valence-corrected chi connectivity index (χ3v) is 7.23. The van der Waals surface area contributed by atoms with Gasteiger partial charge in [-0.1, -0.05) is 36.4 Å². The number of hydrogen-bond acceptors (Lipinski definition) is 4. The zero-order valence-electron chi connectivity index (χ0n) is 20.0. The Balaban J connectivity index is 1.15. The lowest BCUT2D eigenvalue weighted by Crippen LogP contribution is -2.38. The van der Waals surface area contributed by atoms with Crippen LogP contribution in [0.2, 0.25) is 0 Å². The first-order chi connectivity index (χ1) is 17.5. The third-order valence-electron chi connectivity index (χ3n) is 7.23. The summed E-state index contributed by atoms with van der Waals surface area (Å²) in [5.41, 5.74) is 5.17. The summed E-state index contributed by atoms with van der Waals surface area (Å²) in [5, 5.41) is 0. The summed E-state index contributed by atoms with van der Waals surface area (Å²) >= 11 is 0. The van der Waals surface area contributed by atoms with Gasteiger partial charge < -0.3 is 9.88 Å². The first kappa shape index (κ1) is 22.2. The minimum atomic E-state index is -0.354. The summed E-state index contributed by atoms with van der Waals surface area (Å²) in [4.78, 5) is 50.4. The minimum absolute atomic E-state index is 0.113. The highest BCUT2D eigenvalue weighted by Crippen LogP contribution is 2.30. The molecular formula is C29H26N4O3. The van der Waals surface area contributed by atoms with Crippen LogP contribution in [0.15, 0.2) is 66.7 Å². The number of hydrogen-bond donors (Lipinski definition) is 1. The van der Waals surface area contributed by atoms with Crippen molar-refractivity contribution in [2.75, 3.05) is 13.1 Å². The van der Waals surface area contributed by atoms with E-state index in [0.717, 1.165) is 35.3 Å². The van der Waals surface area contributed by atoms with Gasteiger partial charge in [0.25, 0.3) is 17.7 Å². The number of amides is 3. The Morgan fingerprint density at radius 2 is 1.69 bits per heavy atom. The molecule has 3 amide bonds. The van der Waals surface area contributed by atoms with Crippen LogP contribution in [0.5, 0.6) is 0 Å². The number of imide groups is 1. The van der Waals surface area contributed by atoms with E-state index >= 15 is 0 Å². The average molecular weight is 479 g/mol. The zero-order chi connectivity index (χ0) is 24.8. The summed E-state index contributed by atoms with van der Waals surface area (Å²) in [6.45, 7) is 3.51. The fraction of sp³-hybridized carbons (Fsp3) is 0.241.